The highest BCUT2D eigenvalue weighted by Gasteiger charge is 2.22. The van der Waals surface area contributed by atoms with Crippen molar-refractivity contribution in [1.82, 2.24) is 14.0 Å². The lowest BCUT2D eigenvalue weighted by atomic mass is 10.0. The van der Waals surface area contributed by atoms with Crippen LogP contribution >= 0.6 is 0 Å². The van der Waals surface area contributed by atoms with Crippen molar-refractivity contribution in [3.05, 3.63) is 261 Å². The second-order valence-corrected chi connectivity index (χ2v) is 16.5. The summed E-state index contributed by atoms with van der Waals surface area (Å²) in [6, 6.07) is 92.9. The van der Waals surface area contributed by atoms with Gasteiger partial charge in [-0.1, -0.05) is 164 Å². The molecule has 0 N–H and O–H groups in total. The number of para-hydroxylation sites is 2. The lowest BCUT2D eigenvalue weighted by Gasteiger charge is -2.26. The van der Waals surface area contributed by atoms with Gasteiger partial charge >= 0.3 is 0 Å². The Morgan fingerprint density at radius 3 is 1.08 bits per heavy atom. The van der Waals surface area contributed by atoms with Gasteiger partial charge in [0.05, 0.1) is 22.1 Å². The van der Waals surface area contributed by atoms with Gasteiger partial charge in [0.1, 0.15) is 0 Å². The third-order valence-electron chi connectivity index (χ3n) is 12.5. The van der Waals surface area contributed by atoms with Crippen molar-refractivity contribution in [3.8, 4) is 39.1 Å². The molecule has 0 aliphatic carbocycles. The van der Waals surface area contributed by atoms with Gasteiger partial charge in [-0.15, -0.1) is 0 Å². The SMILES string of the molecule is c1ccc(-c2ccc(N(c3ccccc3)c3ccc4nc5n(-c6ccc(-c7ccccc7)cc6)c6ccc(N(c7ccccc7)c7ccc(-c8ccccc8)cc7)cc6n5c4c3)cc2)cc1. The maximum Gasteiger partial charge on any atom is 0.220 e. The molecule has 0 saturated heterocycles. The van der Waals surface area contributed by atoms with E-state index in [1.54, 1.807) is 0 Å². The van der Waals surface area contributed by atoms with Crippen molar-refractivity contribution >= 4 is 62.0 Å². The van der Waals surface area contributed by atoms with E-state index in [0.717, 1.165) is 67.7 Å². The van der Waals surface area contributed by atoms with Crippen LogP contribution in [0.15, 0.2) is 261 Å². The molecule has 0 spiro atoms. The topological polar surface area (TPSA) is 28.7 Å². The molecule has 12 aromatic rings. The molecule has 2 aromatic heterocycles. The number of nitrogens with zero attached hydrogens (tertiary/aromatic N) is 5. The van der Waals surface area contributed by atoms with Gasteiger partial charge in [-0.3, -0.25) is 8.97 Å². The molecular weight excluding hydrogens is 803 g/mol. The number of aromatic nitrogens is 3. The monoisotopic (exact) mass is 845 g/mol. The van der Waals surface area contributed by atoms with Crippen LogP contribution in [-0.2, 0) is 0 Å². The Morgan fingerprint density at radius 2 is 0.621 bits per heavy atom. The van der Waals surface area contributed by atoms with E-state index < -0.39 is 0 Å². The van der Waals surface area contributed by atoms with Crippen LogP contribution < -0.4 is 9.80 Å². The molecule has 0 bridgehead atoms. The Bertz CT molecular complexity index is 3590. The quantitative estimate of drug-likeness (QED) is 0.137. The van der Waals surface area contributed by atoms with E-state index in [1.807, 2.05) is 0 Å². The number of anilines is 6. The Labute approximate surface area is 384 Å². The molecule has 0 fully saturated rings. The average molecular weight is 846 g/mol. The molecule has 0 saturated carbocycles. The number of benzene rings is 10. The Kier molecular flexibility index (Phi) is 9.77. The Hall–Kier alpha value is -8.93. The molecule has 66 heavy (non-hydrogen) atoms. The number of fused-ring (bicyclic) bond motifs is 5. The van der Waals surface area contributed by atoms with Gasteiger partial charge in [0.25, 0.3) is 0 Å². The average Bonchev–Trinajstić information content (AvgIpc) is 3.92. The standard InChI is InChI=1S/C61H43N5/c1-6-16-44(17-7-1)47-26-32-52(33-27-47)63(50-22-12-4-13-23-50)55-38-40-57-59(42-55)66-60-43-56(64(51-24-14-5-15-25-51)53-34-28-48(29-35-53)45-18-8-2-9-19-45)39-41-58(60)65(61(66)62-57)54-36-30-49(31-37-54)46-20-10-3-11-21-46/h1-43H. The summed E-state index contributed by atoms with van der Waals surface area (Å²) in [4.78, 5) is 10.1. The molecule has 312 valence electrons. The first-order valence-corrected chi connectivity index (χ1v) is 22.4. The predicted octanol–water partition coefficient (Wildman–Crippen LogP) is 16.4. The van der Waals surface area contributed by atoms with Crippen molar-refractivity contribution in [2.75, 3.05) is 9.80 Å². The van der Waals surface area contributed by atoms with Crippen LogP contribution in [0.1, 0.15) is 0 Å². The van der Waals surface area contributed by atoms with E-state index in [2.05, 4.69) is 280 Å². The van der Waals surface area contributed by atoms with Crippen molar-refractivity contribution in [2.45, 2.75) is 0 Å². The molecular formula is C61H43N5. The molecule has 0 amide bonds. The van der Waals surface area contributed by atoms with Crippen molar-refractivity contribution < 1.29 is 0 Å². The second kappa shape index (κ2) is 16.6. The fourth-order valence-corrected chi connectivity index (χ4v) is 9.31. The summed E-state index contributed by atoms with van der Waals surface area (Å²) < 4.78 is 4.64. The highest BCUT2D eigenvalue weighted by atomic mass is 15.2. The van der Waals surface area contributed by atoms with Crippen LogP contribution in [0.3, 0.4) is 0 Å². The minimum atomic E-state index is 0.846. The minimum absolute atomic E-state index is 0.846. The summed E-state index contributed by atoms with van der Waals surface area (Å²) in [6.45, 7) is 0. The third kappa shape index (κ3) is 7.05. The minimum Gasteiger partial charge on any atom is -0.310 e. The normalized spacial score (nSPS) is 11.3. The first kappa shape index (κ1) is 38.7. The van der Waals surface area contributed by atoms with Gasteiger partial charge in [-0.25, -0.2) is 4.98 Å². The molecule has 0 atom stereocenters. The van der Waals surface area contributed by atoms with Gasteiger partial charge in [0.15, 0.2) is 0 Å². The lowest BCUT2D eigenvalue weighted by Crippen LogP contribution is -2.10. The molecule has 2 heterocycles. The zero-order valence-electron chi connectivity index (χ0n) is 36.1. The molecule has 5 nitrogen and oxygen atoms in total. The highest BCUT2D eigenvalue weighted by Crippen LogP contribution is 2.41. The van der Waals surface area contributed by atoms with Crippen molar-refractivity contribution in [1.29, 1.82) is 0 Å². The number of hydrogen-bond acceptors (Lipinski definition) is 3. The highest BCUT2D eigenvalue weighted by molar-refractivity contribution is 5.97. The fourth-order valence-electron chi connectivity index (χ4n) is 9.31. The summed E-state index contributed by atoms with van der Waals surface area (Å²) in [5, 5.41) is 0. The molecule has 0 unspecified atom stereocenters. The maximum atomic E-state index is 5.42. The van der Waals surface area contributed by atoms with Crippen LogP contribution in [0, 0.1) is 0 Å². The number of rotatable bonds is 10. The molecule has 0 aliphatic heterocycles. The largest absolute Gasteiger partial charge is 0.310 e. The number of imidazole rings is 2. The van der Waals surface area contributed by atoms with Gasteiger partial charge in [-0.2, -0.15) is 0 Å². The van der Waals surface area contributed by atoms with Crippen LogP contribution in [0.25, 0.3) is 66.9 Å². The van der Waals surface area contributed by atoms with E-state index in [1.165, 1.54) is 33.4 Å². The van der Waals surface area contributed by atoms with Crippen LogP contribution in [-0.4, -0.2) is 14.0 Å². The lowest BCUT2D eigenvalue weighted by molar-refractivity contribution is 1.11. The first-order chi connectivity index (χ1) is 32.7. The number of hydrogen-bond donors (Lipinski definition) is 0. The molecule has 10 aromatic carbocycles. The van der Waals surface area contributed by atoms with Gasteiger partial charge in [-0.05, 0) is 130 Å². The van der Waals surface area contributed by atoms with E-state index in [0.29, 0.717) is 0 Å². The molecule has 0 aliphatic rings. The van der Waals surface area contributed by atoms with Crippen LogP contribution in [0.2, 0.25) is 0 Å². The Morgan fingerprint density at radius 1 is 0.273 bits per heavy atom. The fraction of sp³-hybridized carbons (Fsp3) is 0. The maximum absolute atomic E-state index is 5.42. The van der Waals surface area contributed by atoms with E-state index in [-0.39, 0.29) is 0 Å². The van der Waals surface area contributed by atoms with Crippen molar-refractivity contribution in [2.24, 2.45) is 0 Å². The summed E-state index contributed by atoms with van der Waals surface area (Å²) in [5.74, 6) is 0.846. The summed E-state index contributed by atoms with van der Waals surface area (Å²) >= 11 is 0. The molecule has 12 rings (SSSR count). The van der Waals surface area contributed by atoms with Crippen molar-refractivity contribution in [3.63, 3.8) is 0 Å². The third-order valence-corrected chi connectivity index (χ3v) is 12.5. The summed E-state index contributed by atoms with van der Waals surface area (Å²) in [5.41, 5.74) is 18.6. The van der Waals surface area contributed by atoms with Crippen LogP contribution in [0.4, 0.5) is 34.1 Å². The van der Waals surface area contributed by atoms with E-state index >= 15 is 0 Å². The zero-order chi connectivity index (χ0) is 43.8. The molecule has 0 radical (unpaired) electrons. The zero-order valence-corrected chi connectivity index (χ0v) is 36.1. The van der Waals surface area contributed by atoms with Gasteiger partial charge in [0.2, 0.25) is 5.78 Å². The van der Waals surface area contributed by atoms with Gasteiger partial charge in [0, 0.05) is 39.8 Å². The van der Waals surface area contributed by atoms with E-state index in [4.69, 9.17) is 4.98 Å². The van der Waals surface area contributed by atoms with Gasteiger partial charge < -0.3 is 9.80 Å². The summed E-state index contributed by atoms with van der Waals surface area (Å²) in [7, 11) is 0. The van der Waals surface area contributed by atoms with Crippen LogP contribution in [0.5, 0.6) is 0 Å². The predicted molar refractivity (Wildman–Crippen MR) is 275 cm³/mol. The molecule has 5 heteroatoms. The first-order valence-electron chi connectivity index (χ1n) is 22.4. The van der Waals surface area contributed by atoms with E-state index in [9.17, 15) is 0 Å². The summed E-state index contributed by atoms with van der Waals surface area (Å²) in [6.07, 6.45) is 0. The smallest absolute Gasteiger partial charge is 0.220 e. The second-order valence-electron chi connectivity index (χ2n) is 16.5. The Balaban J connectivity index is 1.05.